The number of rotatable bonds is 6. The third-order valence-electron chi connectivity index (χ3n) is 5.63. The Labute approximate surface area is 194 Å². The summed E-state index contributed by atoms with van der Waals surface area (Å²) in [6.07, 6.45) is 1.80. The monoisotopic (exact) mass is 460 g/mol. The number of nitrogens with one attached hydrogen (secondary N) is 2. The van der Waals surface area contributed by atoms with Gasteiger partial charge in [-0.1, -0.05) is 18.2 Å². The molecule has 7 nitrogen and oxygen atoms in total. The predicted molar refractivity (Wildman–Crippen MR) is 130 cm³/mol. The zero-order chi connectivity index (χ0) is 23.8. The molecule has 0 aliphatic carbocycles. The van der Waals surface area contributed by atoms with Crippen molar-refractivity contribution in [3.05, 3.63) is 66.4 Å². The van der Waals surface area contributed by atoms with Gasteiger partial charge in [0.15, 0.2) is 5.82 Å². The van der Waals surface area contributed by atoms with E-state index >= 15 is 0 Å². The van der Waals surface area contributed by atoms with Crippen LogP contribution in [0.4, 0.5) is 26.2 Å². The van der Waals surface area contributed by atoms with Gasteiger partial charge in [0.05, 0.1) is 11.0 Å². The number of aryl methyl sites for hydroxylation is 2. The zero-order valence-electron chi connectivity index (χ0n) is 18.8. The van der Waals surface area contributed by atoms with Crippen molar-refractivity contribution in [3.8, 4) is 16.9 Å². The van der Waals surface area contributed by atoms with Crippen molar-refractivity contribution < 1.29 is 13.5 Å². The smallest absolute Gasteiger partial charge is 0.387 e. The van der Waals surface area contributed by atoms with Crippen LogP contribution in [0.15, 0.2) is 60.8 Å². The summed E-state index contributed by atoms with van der Waals surface area (Å²) in [5, 5.41) is 12.7. The van der Waals surface area contributed by atoms with Gasteiger partial charge in [0.1, 0.15) is 5.75 Å². The van der Waals surface area contributed by atoms with Gasteiger partial charge in [0.25, 0.3) is 0 Å². The molecule has 5 rings (SSSR count). The lowest BCUT2D eigenvalue weighted by atomic mass is 9.96. The van der Waals surface area contributed by atoms with E-state index < -0.39 is 6.61 Å². The summed E-state index contributed by atoms with van der Waals surface area (Å²) in [4.78, 5) is 8.83. The number of anilines is 3. The number of halogens is 2. The molecule has 172 valence electrons. The van der Waals surface area contributed by atoms with Crippen molar-refractivity contribution in [3.63, 3.8) is 0 Å². The molecule has 2 heterocycles. The van der Waals surface area contributed by atoms with Crippen LogP contribution in [0.25, 0.3) is 32.9 Å². The van der Waals surface area contributed by atoms with Crippen LogP contribution in [-0.4, -0.2) is 33.4 Å². The maximum atomic E-state index is 12.6. The molecule has 0 atom stereocenters. The van der Waals surface area contributed by atoms with Crippen LogP contribution in [0.5, 0.6) is 5.75 Å². The third kappa shape index (κ3) is 3.96. The van der Waals surface area contributed by atoms with E-state index in [9.17, 15) is 8.78 Å². The topological polar surface area (TPSA) is 76.9 Å². The van der Waals surface area contributed by atoms with Gasteiger partial charge < -0.3 is 15.4 Å². The Morgan fingerprint density at radius 1 is 1.06 bits per heavy atom. The van der Waals surface area contributed by atoms with Crippen LogP contribution in [0.3, 0.4) is 0 Å². The Balaban J connectivity index is 1.59. The van der Waals surface area contributed by atoms with Crippen molar-refractivity contribution >= 4 is 39.3 Å². The van der Waals surface area contributed by atoms with E-state index in [4.69, 9.17) is 0 Å². The molecular formula is C25H22F2N6O. The number of nitrogens with zero attached hydrogens (tertiary/aromatic N) is 4. The number of benzene rings is 3. The molecular weight excluding hydrogens is 438 g/mol. The number of aromatic nitrogens is 4. The Morgan fingerprint density at radius 3 is 2.71 bits per heavy atom. The minimum absolute atomic E-state index is 0.0802. The van der Waals surface area contributed by atoms with E-state index in [1.165, 1.54) is 12.1 Å². The van der Waals surface area contributed by atoms with E-state index in [-0.39, 0.29) is 5.75 Å². The van der Waals surface area contributed by atoms with Crippen LogP contribution in [0, 0.1) is 6.92 Å². The predicted octanol–water partition coefficient (Wildman–Crippen LogP) is 5.88. The molecule has 0 unspecified atom stereocenters. The van der Waals surface area contributed by atoms with Gasteiger partial charge in [-0.15, -0.1) is 0 Å². The summed E-state index contributed by atoms with van der Waals surface area (Å²) in [6.45, 7) is -0.821. The van der Waals surface area contributed by atoms with Gasteiger partial charge >= 0.3 is 6.61 Å². The number of ether oxygens (including phenoxy) is 1. The summed E-state index contributed by atoms with van der Waals surface area (Å²) < 4.78 is 31.5. The van der Waals surface area contributed by atoms with Gasteiger partial charge in [-0.3, -0.25) is 4.68 Å². The summed E-state index contributed by atoms with van der Waals surface area (Å²) >= 11 is 0. The molecule has 0 saturated heterocycles. The SMILES string of the molecule is CNc1ncc2cc(-c3c(C)ccc4c(Nc5cccc(OC(F)F)c5)nn(C)c34)ccc2n1. The second-order valence-electron chi connectivity index (χ2n) is 7.87. The summed E-state index contributed by atoms with van der Waals surface area (Å²) in [7, 11) is 3.67. The molecule has 0 radical (unpaired) electrons. The first-order chi connectivity index (χ1) is 16.4. The minimum Gasteiger partial charge on any atom is -0.435 e. The standard InChI is InChI=1S/C25H22F2N6O/c1-14-7-9-19-22(21(14)15-8-10-20-16(11-15)13-29-25(28-2)31-20)33(3)32-23(19)30-17-5-4-6-18(12-17)34-24(26)27/h4-13,24H,1-3H3,(H,30,32)(H,28,29,31). The Kier molecular flexibility index (Phi) is 5.45. The van der Waals surface area contributed by atoms with Crippen molar-refractivity contribution in [1.82, 2.24) is 19.7 Å². The maximum Gasteiger partial charge on any atom is 0.387 e. The second kappa shape index (κ2) is 8.58. The van der Waals surface area contributed by atoms with Gasteiger partial charge in [0, 0.05) is 48.4 Å². The fourth-order valence-electron chi connectivity index (χ4n) is 4.13. The lowest BCUT2D eigenvalue weighted by Crippen LogP contribution is -2.02. The van der Waals surface area contributed by atoms with Crippen LogP contribution < -0.4 is 15.4 Å². The lowest BCUT2D eigenvalue weighted by molar-refractivity contribution is -0.0498. The highest BCUT2D eigenvalue weighted by Gasteiger charge is 2.17. The molecule has 0 amide bonds. The molecule has 0 aliphatic rings. The van der Waals surface area contributed by atoms with E-state index in [0.717, 1.165) is 38.5 Å². The van der Waals surface area contributed by atoms with Gasteiger partial charge in [-0.05, 0) is 48.4 Å². The van der Waals surface area contributed by atoms with Crippen LogP contribution in [0.2, 0.25) is 0 Å². The van der Waals surface area contributed by atoms with Crippen molar-refractivity contribution in [2.45, 2.75) is 13.5 Å². The molecule has 0 fully saturated rings. The second-order valence-corrected chi connectivity index (χ2v) is 7.87. The fourth-order valence-corrected chi connectivity index (χ4v) is 4.13. The molecule has 34 heavy (non-hydrogen) atoms. The molecule has 9 heteroatoms. The van der Waals surface area contributed by atoms with Gasteiger partial charge in [-0.25, -0.2) is 9.97 Å². The molecule has 2 N–H and O–H groups in total. The summed E-state index contributed by atoms with van der Waals surface area (Å²) in [6, 6.07) is 16.6. The highest BCUT2D eigenvalue weighted by molar-refractivity contribution is 6.03. The Morgan fingerprint density at radius 2 is 1.91 bits per heavy atom. The summed E-state index contributed by atoms with van der Waals surface area (Å²) in [5.41, 5.74) is 5.58. The normalized spacial score (nSPS) is 11.4. The average Bonchev–Trinajstić information content (AvgIpc) is 3.13. The fraction of sp³-hybridized carbons (Fsp3) is 0.160. The van der Waals surface area contributed by atoms with E-state index in [1.54, 1.807) is 25.4 Å². The highest BCUT2D eigenvalue weighted by atomic mass is 19.3. The van der Waals surface area contributed by atoms with Crippen molar-refractivity contribution in [2.24, 2.45) is 7.05 Å². The molecule has 0 spiro atoms. The van der Waals surface area contributed by atoms with Gasteiger partial charge in [-0.2, -0.15) is 13.9 Å². The Bertz CT molecular complexity index is 1510. The van der Waals surface area contributed by atoms with Crippen LogP contribution >= 0.6 is 0 Å². The quantitative estimate of drug-likeness (QED) is 0.330. The van der Waals surface area contributed by atoms with E-state index in [2.05, 4.69) is 43.4 Å². The van der Waals surface area contributed by atoms with Crippen LogP contribution in [-0.2, 0) is 7.05 Å². The number of hydrogen-bond acceptors (Lipinski definition) is 6. The molecule has 0 saturated carbocycles. The maximum absolute atomic E-state index is 12.6. The van der Waals surface area contributed by atoms with Crippen molar-refractivity contribution in [2.75, 3.05) is 17.7 Å². The number of hydrogen-bond donors (Lipinski definition) is 2. The molecule has 2 aromatic heterocycles. The first-order valence-corrected chi connectivity index (χ1v) is 10.7. The number of fused-ring (bicyclic) bond motifs is 2. The van der Waals surface area contributed by atoms with E-state index in [0.29, 0.717) is 17.5 Å². The Hall–Kier alpha value is -4.27. The average molecular weight is 460 g/mol. The number of alkyl halides is 2. The van der Waals surface area contributed by atoms with Crippen LogP contribution in [0.1, 0.15) is 5.56 Å². The molecule has 0 aliphatic heterocycles. The largest absolute Gasteiger partial charge is 0.435 e. The molecule has 3 aromatic carbocycles. The first kappa shape index (κ1) is 21.6. The third-order valence-corrected chi connectivity index (χ3v) is 5.63. The zero-order valence-corrected chi connectivity index (χ0v) is 18.8. The highest BCUT2D eigenvalue weighted by Crippen LogP contribution is 2.37. The summed E-state index contributed by atoms with van der Waals surface area (Å²) in [5.74, 6) is 1.27. The van der Waals surface area contributed by atoms with Gasteiger partial charge in [0.2, 0.25) is 5.95 Å². The molecule has 0 bridgehead atoms. The minimum atomic E-state index is -2.88. The lowest BCUT2D eigenvalue weighted by Gasteiger charge is -2.11. The molecule has 5 aromatic rings. The first-order valence-electron chi connectivity index (χ1n) is 10.7. The van der Waals surface area contributed by atoms with E-state index in [1.807, 2.05) is 36.0 Å². The van der Waals surface area contributed by atoms with Crippen molar-refractivity contribution in [1.29, 1.82) is 0 Å².